The number of carbonyl (C=O) groups is 1. The first-order valence-corrected chi connectivity index (χ1v) is 9.69. The van der Waals surface area contributed by atoms with Crippen molar-refractivity contribution in [3.05, 3.63) is 97.8 Å². The Kier molecular flexibility index (Phi) is 5.44. The number of methoxy groups -OCH3 is 1. The summed E-state index contributed by atoms with van der Waals surface area (Å²) in [6.45, 7) is 0. The van der Waals surface area contributed by atoms with Gasteiger partial charge in [-0.1, -0.05) is 24.3 Å². The third-order valence-corrected chi connectivity index (χ3v) is 5.27. The predicted molar refractivity (Wildman–Crippen MR) is 115 cm³/mol. The maximum Gasteiger partial charge on any atom is 0.267 e. The summed E-state index contributed by atoms with van der Waals surface area (Å²) in [6.07, 6.45) is 1.48. The second-order valence-corrected chi connectivity index (χ2v) is 7.24. The first kappa shape index (κ1) is 20.2. The van der Waals surface area contributed by atoms with Crippen LogP contribution in [-0.4, -0.2) is 23.2 Å². The van der Waals surface area contributed by atoms with Crippen LogP contribution < -0.4 is 21.5 Å². The molecule has 1 unspecified atom stereocenters. The summed E-state index contributed by atoms with van der Waals surface area (Å²) in [7, 11) is 1.58. The fourth-order valence-corrected chi connectivity index (χ4v) is 3.76. The lowest BCUT2D eigenvalue weighted by Gasteiger charge is -2.15. The van der Waals surface area contributed by atoms with Gasteiger partial charge in [-0.25, -0.2) is 0 Å². The number of aromatic amines is 2. The number of benzene rings is 2. The number of nitrogens with one attached hydrogen (secondary N) is 2. The lowest BCUT2D eigenvalue weighted by Crippen LogP contribution is -2.25. The standard InChI is InChI=1S/C23H21N3O5/c1-30-14-8-6-13(7-9-14)10-18-21(23(29)26-25-18)16(11-20(24)27)17-12-31-19-5-3-2-4-15(19)22(17)28/h2-9,12,16H,10-11H2,1H3,(H2,24,27)(H2,25,26,29). The summed E-state index contributed by atoms with van der Waals surface area (Å²) in [6, 6.07) is 14.2. The fourth-order valence-electron chi connectivity index (χ4n) is 3.76. The third-order valence-electron chi connectivity index (χ3n) is 5.27. The van der Waals surface area contributed by atoms with Crippen molar-refractivity contribution in [2.45, 2.75) is 18.8 Å². The number of hydrogen-bond donors (Lipinski definition) is 3. The summed E-state index contributed by atoms with van der Waals surface area (Å²) in [5.74, 6) is -0.762. The van der Waals surface area contributed by atoms with Crippen molar-refractivity contribution in [2.75, 3.05) is 7.11 Å². The molecule has 2 aromatic heterocycles. The van der Waals surface area contributed by atoms with Crippen LogP contribution in [0.1, 0.15) is 34.7 Å². The van der Waals surface area contributed by atoms with Crippen LogP contribution in [0.4, 0.5) is 0 Å². The minimum Gasteiger partial charge on any atom is -0.497 e. The molecule has 4 N–H and O–H groups in total. The Hall–Kier alpha value is -4.07. The average molecular weight is 419 g/mol. The molecule has 31 heavy (non-hydrogen) atoms. The second kappa shape index (κ2) is 8.35. The van der Waals surface area contributed by atoms with Gasteiger partial charge in [0.15, 0.2) is 5.43 Å². The molecule has 4 rings (SSSR count). The van der Waals surface area contributed by atoms with Crippen molar-refractivity contribution in [2.24, 2.45) is 5.73 Å². The van der Waals surface area contributed by atoms with E-state index >= 15 is 0 Å². The Labute approximate surface area is 176 Å². The van der Waals surface area contributed by atoms with Gasteiger partial charge in [-0.15, -0.1) is 0 Å². The van der Waals surface area contributed by atoms with Gasteiger partial charge >= 0.3 is 0 Å². The van der Waals surface area contributed by atoms with E-state index in [4.69, 9.17) is 14.9 Å². The van der Waals surface area contributed by atoms with Crippen molar-refractivity contribution in [3.8, 4) is 5.75 Å². The lowest BCUT2D eigenvalue weighted by molar-refractivity contribution is -0.118. The summed E-state index contributed by atoms with van der Waals surface area (Å²) in [4.78, 5) is 37.7. The lowest BCUT2D eigenvalue weighted by atomic mass is 9.87. The maximum absolute atomic E-state index is 13.1. The minimum atomic E-state index is -0.846. The number of amides is 1. The number of hydrogen-bond acceptors (Lipinski definition) is 5. The molecule has 4 aromatic rings. The predicted octanol–water partition coefficient (Wildman–Crippen LogP) is 2.42. The molecule has 2 heterocycles. The summed E-state index contributed by atoms with van der Waals surface area (Å²) < 4.78 is 10.8. The van der Waals surface area contributed by atoms with E-state index in [0.29, 0.717) is 28.8 Å². The monoisotopic (exact) mass is 419 g/mol. The SMILES string of the molecule is COc1ccc(Cc2[nH][nH]c(=O)c2C(CC(N)=O)c2coc3ccccc3c2=O)cc1. The number of aromatic nitrogens is 2. The van der Waals surface area contributed by atoms with Crippen molar-refractivity contribution in [1.82, 2.24) is 10.2 Å². The molecular weight excluding hydrogens is 398 g/mol. The van der Waals surface area contributed by atoms with E-state index < -0.39 is 17.4 Å². The number of rotatable bonds is 7. The highest BCUT2D eigenvalue weighted by Crippen LogP contribution is 2.28. The van der Waals surface area contributed by atoms with Crippen LogP contribution in [-0.2, 0) is 11.2 Å². The molecule has 0 aliphatic rings. The highest BCUT2D eigenvalue weighted by Gasteiger charge is 2.28. The Balaban J connectivity index is 1.82. The number of carbonyl (C=O) groups excluding carboxylic acids is 1. The average Bonchev–Trinajstić information content (AvgIpc) is 3.13. The first-order valence-electron chi connectivity index (χ1n) is 9.69. The summed E-state index contributed by atoms with van der Waals surface area (Å²) in [5, 5.41) is 5.82. The Morgan fingerprint density at radius 1 is 1.10 bits per heavy atom. The quantitative estimate of drug-likeness (QED) is 0.423. The van der Waals surface area contributed by atoms with E-state index in [1.807, 2.05) is 24.3 Å². The molecule has 0 spiro atoms. The molecule has 0 saturated carbocycles. The molecule has 0 aliphatic heterocycles. The van der Waals surface area contributed by atoms with Gasteiger partial charge in [0.2, 0.25) is 5.91 Å². The Morgan fingerprint density at radius 3 is 2.55 bits per heavy atom. The number of fused-ring (bicyclic) bond motifs is 1. The zero-order valence-electron chi connectivity index (χ0n) is 16.8. The van der Waals surface area contributed by atoms with E-state index in [0.717, 1.165) is 5.56 Å². The van der Waals surface area contributed by atoms with Crippen molar-refractivity contribution in [1.29, 1.82) is 0 Å². The number of para-hydroxylation sites is 1. The van der Waals surface area contributed by atoms with Crippen LogP contribution in [0.2, 0.25) is 0 Å². The Bertz CT molecular complexity index is 1350. The number of ether oxygens (including phenoxy) is 1. The van der Waals surface area contributed by atoms with E-state index in [1.165, 1.54) is 6.26 Å². The molecular formula is C23H21N3O5. The van der Waals surface area contributed by atoms with Crippen LogP contribution >= 0.6 is 0 Å². The molecule has 8 heteroatoms. The van der Waals surface area contributed by atoms with E-state index in [1.54, 1.807) is 31.4 Å². The van der Waals surface area contributed by atoms with Gasteiger partial charge in [-0.2, -0.15) is 0 Å². The van der Waals surface area contributed by atoms with E-state index in [9.17, 15) is 14.4 Å². The largest absolute Gasteiger partial charge is 0.497 e. The van der Waals surface area contributed by atoms with Crippen LogP contribution in [0, 0.1) is 0 Å². The summed E-state index contributed by atoms with van der Waals surface area (Å²) in [5.41, 5.74) is 7.16. The van der Waals surface area contributed by atoms with Crippen LogP contribution in [0.25, 0.3) is 11.0 Å². The molecule has 2 aromatic carbocycles. The highest BCUT2D eigenvalue weighted by atomic mass is 16.5. The normalized spacial score (nSPS) is 12.0. The zero-order chi connectivity index (χ0) is 22.0. The second-order valence-electron chi connectivity index (χ2n) is 7.24. The molecule has 0 fully saturated rings. The van der Waals surface area contributed by atoms with Crippen molar-refractivity contribution in [3.63, 3.8) is 0 Å². The van der Waals surface area contributed by atoms with Crippen LogP contribution in [0.5, 0.6) is 5.75 Å². The zero-order valence-corrected chi connectivity index (χ0v) is 16.8. The van der Waals surface area contributed by atoms with E-state index in [-0.39, 0.29) is 23.0 Å². The van der Waals surface area contributed by atoms with Crippen molar-refractivity contribution < 1.29 is 13.9 Å². The molecule has 1 atom stereocenters. The van der Waals surface area contributed by atoms with Crippen molar-refractivity contribution >= 4 is 16.9 Å². The topological polar surface area (TPSA) is 131 Å². The number of nitrogens with two attached hydrogens (primary N) is 1. The summed E-state index contributed by atoms with van der Waals surface area (Å²) >= 11 is 0. The smallest absolute Gasteiger partial charge is 0.267 e. The highest BCUT2D eigenvalue weighted by molar-refractivity contribution is 5.78. The molecule has 0 aliphatic carbocycles. The van der Waals surface area contributed by atoms with Gasteiger partial charge in [-0.3, -0.25) is 19.5 Å². The van der Waals surface area contributed by atoms with Gasteiger partial charge in [-0.05, 0) is 29.8 Å². The van der Waals surface area contributed by atoms with E-state index in [2.05, 4.69) is 10.2 Å². The fraction of sp³-hybridized carbons (Fsp3) is 0.174. The maximum atomic E-state index is 13.1. The minimum absolute atomic E-state index is 0.207. The molecule has 158 valence electrons. The van der Waals surface area contributed by atoms with Gasteiger partial charge in [0, 0.05) is 35.6 Å². The number of primary amides is 1. The van der Waals surface area contributed by atoms with Gasteiger partial charge in [0.1, 0.15) is 11.3 Å². The number of H-pyrrole nitrogens is 2. The molecule has 0 saturated heterocycles. The Morgan fingerprint density at radius 2 is 1.84 bits per heavy atom. The van der Waals surface area contributed by atoms with Crippen LogP contribution in [0.3, 0.4) is 0 Å². The molecule has 0 radical (unpaired) electrons. The van der Waals surface area contributed by atoms with Crippen LogP contribution in [0.15, 0.2) is 68.8 Å². The van der Waals surface area contributed by atoms with Gasteiger partial charge in [0.05, 0.1) is 18.8 Å². The third kappa shape index (κ3) is 4.00. The molecule has 1 amide bonds. The first-order chi connectivity index (χ1) is 15.0. The molecule has 0 bridgehead atoms. The molecule has 8 nitrogen and oxygen atoms in total. The van der Waals surface area contributed by atoms with Gasteiger partial charge < -0.3 is 20.0 Å². The van der Waals surface area contributed by atoms with Gasteiger partial charge in [0.25, 0.3) is 5.56 Å².